The van der Waals surface area contributed by atoms with Crippen molar-refractivity contribution in [3.05, 3.63) is 89.0 Å². The molecule has 156 valence electrons. The van der Waals surface area contributed by atoms with Crippen molar-refractivity contribution >= 4 is 38.5 Å². The van der Waals surface area contributed by atoms with Crippen LogP contribution in [0.15, 0.2) is 66.7 Å². The molecule has 2 atom stereocenters. The molecule has 5 nitrogen and oxygen atoms in total. The zero-order valence-electron chi connectivity index (χ0n) is 17.2. The molecule has 2 heterocycles. The molecule has 2 bridgehead atoms. The number of anilines is 1. The van der Waals surface area contributed by atoms with E-state index in [1.165, 1.54) is 38.5 Å². The number of benzene rings is 3. The minimum Gasteiger partial charge on any atom is -0.497 e. The fourth-order valence-corrected chi connectivity index (χ4v) is 6.99. The summed E-state index contributed by atoms with van der Waals surface area (Å²) in [5, 5.41) is 0.449. The van der Waals surface area contributed by atoms with Crippen molar-refractivity contribution in [3.8, 4) is 5.75 Å². The first-order chi connectivity index (χ1) is 15.7. The molecular weight excluding hydrogens is 420 g/mol. The van der Waals surface area contributed by atoms with Gasteiger partial charge >= 0.3 is 0 Å². The number of carbonyl (C=O) groups is 2. The van der Waals surface area contributed by atoms with Gasteiger partial charge in [-0.3, -0.25) is 9.59 Å². The van der Waals surface area contributed by atoms with Crippen molar-refractivity contribution in [3.63, 3.8) is 0 Å². The summed E-state index contributed by atoms with van der Waals surface area (Å²) in [6.07, 6.45) is 0. The first-order valence-electron chi connectivity index (χ1n) is 10.7. The molecule has 0 unspecified atom stereocenters. The van der Waals surface area contributed by atoms with E-state index in [0.29, 0.717) is 5.13 Å². The molecule has 1 saturated heterocycles. The highest BCUT2D eigenvalue weighted by Crippen LogP contribution is 2.61. The predicted octanol–water partition coefficient (Wildman–Crippen LogP) is 4.70. The van der Waals surface area contributed by atoms with Gasteiger partial charge in [0.05, 0.1) is 29.2 Å². The van der Waals surface area contributed by atoms with Gasteiger partial charge in [-0.15, -0.1) is 0 Å². The maximum absolute atomic E-state index is 13.8. The molecule has 1 aromatic heterocycles. The van der Waals surface area contributed by atoms with E-state index in [0.717, 1.165) is 16.0 Å². The van der Waals surface area contributed by atoms with E-state index in [-0.39, 0.29) is 35.5 Å². The van der Waals surface area contributed by atoms with Crippen LogP contribution >= 0.6 is 11.3 Å². The number of methoxy groups -OCH3 is 1. The molecule has 3 aromatic carbocycles. The highest BCUT2D eigenvalue weighted by molar-refractivity contribution is 7.22. The quantitative estimate of drug-likeness (QED) is 0.426. The average molecular weight is 439 g/mol. The van der Waals surface area contributed by atoms with Crippen LogP contribution < -0.4 is 9.64 Å². The van der Waals surface area contributed by atoms with Crippen molar-refractivity contribution in [2.24, 2.45) is 11.8 Å². The number of imide groups is 1. The maximum Gasteiger partial charge on any atom is 0.240 e. The average Bonchev–Trinajstić information content (AvgIpc) is 3.36. The Labute approximate surface area is 188 Å². The van der Waals surface area contributed by atoms with Crippen molar-refractivity contribution in [2.75, 3.05) is 12.0 Å². The summed E-state index contributed by atoms with van der Waals surface area (Å²) < 4.78 is 6.21. The normalized spacial score (nSPS) is 25.1. The third kappa shape index (κ3) is 2.15. The Morgan fingerprint density at radius 2 is 1.34 bits per heavy atom. The number of fused-ring (bicyclic) bond motifs is 1. The van der Waals surface area contributed by atoms with Gasteiger partial charge in [0, 0.05) is 11.8 Å². The number of amides is 2. The SMILES string of the molecule is COc1ccc2nc(N3C(=O)[C@H]4C5c6ccccc6C(c6ccccc65)[C@@H]4C3=O)sc2c1. The fourth-order valence-electron chi connectivity index (χ4n) is 5.98. The molecule has 2 amide bonds. The van der Waals surface area contributed by atoms with Gasteiger partial charge in [0.1, 0.15) is 5.75 Å². The Morgan fingerprint density at radius 1 is 0.812 bits per heavy atom. The Hall–Kier alpha value is -3.51. The van der Waals surface area contributed by atoms with Gasteiger partial charge in [-0.05, 0) is 40.5 Å². The molecule has 0 spiro atoms. The molecule has 1 aliphatic heterocycles. The van der Waals surface area contributed by atoms with Crippen LogP contribution in [0.1, 0.15) is 34.1 Å². The first-order valence-corrected chi connectivity index (χ1v) is 11.5. The van der Waals surface area contributed by atoms with Crippen LogP contribution in [0.2, 0.25) is 0 Å². The van der Waals surface area contributed by atoms with Gasteiger partial charge < -0.3 is 4.74 Å². The third-order valence-electron chi connectivity index (χ3n) is 7.22. The molecule has 8 rings (SSSR count). The lowest BCUT2D eigenvalue weighted by Gasteiger charge is -2.45. The zero-order valence-corrected chi connectivity index (χ0v) is 18.0. The minimum absolute atomic E-state index is 0.103. The monoisotopic (exact) mass is 438 g/mol. The van der Waals surface area contributed by atoms with Crippen LogP contribution in [0.5, 0.6) is 5.75 Å². The first kappa shape index (κ1) is 18.1. The number of hydrogen-bond donors (Lipinski definition) is 0. The van der Waals surface area contributed by atoms with Crippen LogP contribution in [0.4, 0.5) is 5.13 Å². The Bertz CT molecular complexity index is 1340. The van der Waals surface area contributed by atoms with Gasteiger partial charge in [0.25, 0.3) is 0 Å². The summed E-state index contributed by atoms with van der Waals surface area (Å²) in [5.74, 6) is -0.529. The molecule has 1 fully saturated rings. The van der Waals surface area contributed by atoms with E-state index < -0.39 is 0 Å². The van der Waals surface area contributed by atoms with Crippen LogP contribution in [-0.4, -0.2) is 23.9 Å². The number of carbonyl (C=O) groups excluding carboxylic acids is 2. The van der Waals surface area contributed by atoms with E-state index in [9.17, 15) is 9.59 Å². The van der Waals surface area contributed by atoms with Crippen LogP contribution in [0.3, 0.4) is 0 Å². The second kappa shape index (κ2) is 6.26. The van der Waals surface area contributed by atoms with Crippen LogP contribution in [0, 0.1) is 11.8 Å². The molecular formula is C26H18N2O3S. The third-order valence-corrected chi connectivity index (χ3v) is 8.23. The lowest BCUT2D eigenvalue weighted by atomic mass is 9.55. The number of thiazole rings is 1. The van der Waals surface area contributed by atoms with Crippen LogP contribution in [0.25, 0.3) is 10.2 Å². The van der Waals surface area contributed by atoms with Crippen molar-refractivity contribution < 1.29 is 14.3 Å². The highest BCUT2D eigenvalue weighted by Gasteiger charge is 2.62. The number of hydrogen-bond acceptors (Lipinski definition) is 5. The van der Waals surface area contributed by atoms with E-state index in [2.05, 4.69) is 29.2 Å². The van der Waals surface area contributed by atoms with Crippen molar-refractivity contribution in [1.29, 1.82) is 0 Å². The smallest absolute Gasteiger partial charge is 0.240 e. The molecule has 4 aromatic rings. The largest absolute Gasteiger partial charge is 0.497 e. The van der Waals surface area contributed by atoms with E-state index in [1.54, 1.807) is 7.11 Å². The maximum atomic E-state index is 13.8. The van der Waals surface area contributed by atoms with E-state index in [4.69, 9.17) is 4.74 Å². The van der Waals surface area contributed by atoms with E-state index >= 15 is 0 Å². The molecule has 0 radical (unpaired) electrons. The molecule has 6 heteroatoms. The molecule has 32 heavy (non-hydrogen) atoms. The molecule has 3 aliphatic carbocycles. The fraction of sp³-hybridized carbons (Fsp3) is 0.192. The Morgan fingerprint density at radius 3 is 1.84 bits per heavy atom. The van der Waals surface area contributed by atoms with Crippen molar-refractivity contribution in [2.45, 2.75) is 11.8 Å². The molecule has 0 saturated carbocycles. The van der Waals surface area contributed by atoms with Crippen molar-refractivity contribution in [1.82, 2.24) is 4.98 Å². The van der Waals surface area contributed by atoms with Crippen LogP contribution in [-0.2, 0) is 9.59 Å². The summed E-state index contributed by atoms with van der Waals surface area (Å²) in [7, 11) is 1.62. The number of nitrogens with zero attached hydrogens (tertiary/aromatic N) is 2. The van der Waals surface area contributed by atoms with Gasteiger partial charge in [-0.25, -0.2) is 9.88 Å². The topological polar surface area (TPSA) is 59.5 Å². The summed E-state index contributed by atoms with van der Waals surface area (Å²) in [4.78, 5) is 33.6. The van der Waals surface area contributed by atoms with Gasteiger partial charge in [-0.2, -0.15) is 0 Å². The minimum atomic E-state index is -0.390. The summed E-state index contributed by atoms with van der Waals surface area (Å²) in [5.41, 5.74) is 5.46. The highest BCUT2D eigenvalue weighted by atomic mass is 32.1. The second-order valence-electron chi connectivity index (χ2n) is 8.61. The second-order valence-corrected chi connectivity index (χ2v) is 9.62. The zero-order chi connectivity index (χ0) is 21.6. The Balaban J connectivity index is 1.40. The summed E-state index contributed by atoms with van der Waals surface area (Å²) >= 11 is 1.36. The molecule has 4 aliphatic rings. The summed E-state index contributed by atoms with van der Waals surface area (Å²) in [6.45, 7) is 0. The lowest BCUT2D eigenvalue weighted by molar-refractivity contribution is -0.122. The van der Waals surface area contributed by atoms with Gasteiger partial charge in [0.2, 0.25) is 11.8 Å². The molecule has 0 N–H and O–H groups in total. The van der Waals surface area contributed by atoms with E-state index in [1.807, 2.05) is 42.5 Å². The number of ether oxygens (including phenoxy) is 1. The predicted molar refractivity (Wildman–Crippen MR) is 122 cm³/mol. The standard InChI is InChI=1S/C26H18N2O3S/c1-31-13-10-11-18-19(12-13)32-26(27-18)28-24(29)22-20-14-6-2-3-7-15(14)21(23(22)25(28)30)17-9-5-4-8-16(17)20/h2-12,20-23H,1H3/t20?,21?,22-,23-/m0/s1. The lowest BCUT2D eigenvalue weighted by Crippen LogP contribution is -2.41. The Kier molecular flexibility index (Phi) is 3.54. The van der Waals surface area contributed by atoms with Gasteiger partial charge in [0.15, 0.2) is 5.13 Å². The number of aromatic nitrogens is 1. The van der Waals surface area contributed by atoms with Gasteiger partial charge in [-0.1, -0.05) is 59.9 Å². The summed E-state index contributed by atoms with van der Waals surface area (Å²) in [6, 6.07) is 22.2. The number of rotatable bonds is 2.